The van der Waals surface area contributed by atoms with Crippen molar-refractivity contribution in [3.8, 4) is 0 Å². The summed E-state index contributed by atoms with van der Waals surface area (Å²) in [6.45, 7) is 8.32. The van der Waals surface area contributed by atoms with Crippen molar-refractivity contribution < 1.29 is 14.4 Å². The van der Waals surface area contributed by atoms with Crippen LogP contribution in [0.1, 0.15) is 37.5 Å². The molecule has 0 saturated carbocycles. The number of barbiturate groups is 1. The molecule has 0 aromatic heterocycles. The standard InChI is InChI=1S/C25H24BrN3O3/c1-14-10-21-19(15(2)13-25(3,4)28(21)5)11-16(14)12-20-22(30)27-24(32)29(23(20)31)18-8-6-17(26)7-9-18/h6-13H,1-5H3,(H,27,30,32)/b20-12-. The highest BCUT2D eigenvalue weighted by atomic mass is 79.9. The third-order valence-corrected chi connectivity index (χ3v) is 6.62. The Morgan fingerprint density at radius 2 is 1.69 bits per heavy atom. The summed E-state index contributed by atoms with van der Waals surface area (Å²) in [5.74, 6) is -1.35. The lowest BCUT2D eigenvalue weighted by atomic mass is 9.87. The zero-order valence-corrected chi connectivity index (χ0v) is 20.2. The largest absolute Gasteiger partial charge is 0.365 e. The molecule has 32 heavy (non-hydrogen) atoms. The Bertz CT molecular complexity index is 1230. The van der Waals surface area contributed by atoms with Gasteiger partial charge in [0.25, 0.3) is 11.8 Å². The second-order valence-electron chi connectivity index (χ2n) is 8.70. The Hall–Kier alpha value is -3.19. The quantitative estimate of drug-likeness (QED) is 0.469. The molecule has 0 bridgehead atoms. The molecule has 2 aliphatic heterocycles. The van der Waals surface area contributed by atoms with E-state index in [0.717, 1.165) is 37.3 Å². The van der Waals surface area contributed by atoms with Crippen LogP contribution in [0, 0.1) is 6.92 Å². The first-order valence-corrected chi connectivity index (χ1v) is 11.0. The van der Waals surface area contributed by atoms with E-state index in [2.05, 4.69) is 66.1 Å². The lowest BCUT2D eigenvalue weighted by molar-refractivity contribution is -0.122. The van der Waals surface area contributed by atoms with Gasteiger partial charge in [-0.1, -0.05) is 22.0 Å². The summed E-state index contributed by atoms with van der Waals surface area (Å²) >= 11 is 3.34. The molecule has 0 unspecified atom stereocenters. The van der Waals surface area contributed by atoms with Crippen molar-refractivity contribution in [2.75, 3.05) is 16.8 Å². The first kappa shape index (κ1) is 22.0. The minimum atomic E-state index is -0.760. The predicted octanol–water partition coefficient (Wildman–Crippen LogP) is 5.06. The van der Waals surface area contributed by atoms with Gasteiger partial charge in [-0.2, -0.15) is 0 Å². The molecule has 164 valence electrons. The third kappa shape index (κ3) is 3.66. The number of aryl methyl sites for hydroxylation is 1. The fourth-order valence-corrected chi connectivity index (χ4v) is 4.38. The van der Waals surface area contributed by atoms with Gasteiger partial charge in [0.2, 0.25) is 0 Å². The van der Waals surface area contributed by atoms with Crippen LogP contribution >= 0.6 is 15.9 Å². The number of rotatable bonds is 2. The highest BCUT2D eigenvalue weighted by Crippen LogP contribution is 2.39. The van der Waals surface area contributed by atoms with Crippen molar-refractivity contribution in [3.63, 3.8) is 0 Å². The van der Waals surface area contributed by atoms with Crippen LogP contribution in [0.5, 0.6) is 0 Å². The summed E-state index contributed by atoms with van der Waals surface area (Å²) in [4.78, 5) is 41.4. The highest BCUT2D eigenvalue weighted by molar-refractivity contribution is 9.10. The Morgan fingerprint density at radius 3 is 2.34 bits per heavy atom. The number of imide groups is 2. The van der Waals surface area contributed by atoms with Crippen molar-refractivity contribution in [2.24, 2.45) is 0 Å². The van der Waals surface area contributed by atoms with Gasteiger partial charge < -0.3 is 4.90 Å². The topological polar surface area (TPSA) is 69.7 Å². The van der Waals surface area contributed by atoms with Gasteiger partial charge in [-0.25, -0.2) is 9.69 Å². The molecule has 1 saturated heterocycles. The molecular formula is C25H24BrN3O3. The molecule has 0 aliphatic carbocycles. The summed E-state index contributed by atoms with van der Waals surface area (Å²) in [6, 6.07) is 10.1. The van der Waals surface area contributed by atoms with Crippen LogP contribution in [0.4, 0.5) is 16.2 Å². The minimum absolute atomic E-state index is 0.0818. The Morgan fingerprint density at radius 1 is 1.03 bits per heavy atom. The van der Waals surface area contributed by atoms with Crippen LogP contribution in [0.3, 0.4) is 0 Å². The minimum Gasteiger partial charge on any atom is -0.365 e. The van der Waals surface area contributed by atoms with Crippen molar-refractivity contribution >= 4 is 56.8 Å². The molecule has 0 spiro atoms. The molecule has 6 nitrogen and oxygen atoms in total. The number of nitrogens with one attached hydrogen (secondary N) is 1. The van der Waals surface area contributed by atoms with E-state index in [9.17, 15) is 14.4 Å². The van der Waals surface area contributed by atoms with E-state index in [1.165, 1.54) is 0 Å². The van der Waals surface area contributed by atoms with E-state index >= 15 is 0 Å². The number of halogens is 1. The van der Waals surface area contributed by atoms with E-state index in [1.807, 2.05) is 13.0 Å². The molecule has 1 fully saturated rings. The number of likely N-dealkylation sites (N-methyl/N-ethyl adjacent to an activating group) is 1. The Kier molecular flexibility index (Phi) is 5.33. The second-order valence-corrected chi connectivity index (χ2v) is 9.62. The zero-order chi connectivity index (χ0) is 23.4. The maximum atomic E-state index is 13.2. The van der Waals surface area contributed by atoms with Crippen LogP contribution < -0.4 is 15.1 Å². The lowest BCUT2D eigenvalue weighted by Gasteiger charge is -2.41. The van der Waals surface area contributed by atoms with Crippen LogP contribution in [-0.4, -0.2) is 30.4 Å². The number of allylic oxidation sites excluding steroid dienone is 1. The van der Waals surface area contributed by atoms with Crippen molar-refractivity contribution in [1.82, 2.24) is 5.32 Å². The molecular weight excluding hydrogens is 470 g/mol. The number of amides is 4. The van der Waals surface area contributed by atoms with E-state index < -0.39 is 17.8 Å². The molecule has 2 aliphatic rings. The van der Waals surface area contributed by atoms with Gasteiger partial charge >= 0.3 is 6.03 Å². The lowest BCUT2D eigenvalue weighted by Crippen LogP contribution is -2.54. The maximum Gasteiger partial charge on any atom is 0.335 e. The van der Waals surface area contributed by atoms with Gasteiger partial charge in [-0.05, 0) is 86.9 Å². The monoisotopic (exact) mass is 493 g/mol. The van der Waals surface area contributed by atoms with Gasteiger partial charge in [-0.3, -0.25) is 14.9 Å². The van der Waals surface area contributed by atoms with Crippen LogP contribution in [-0.2, 0) is 9.59 Å². The first-order chi connectivity index (χ1) is 15.0. The zero-order valence-electron chi connectivity index (χ0n) is 18.6. The smallest absolute Gasteiger partial charge is 0.335 e. The fraction of sp³-hybridized carbons (Fsp3) is 0.240. The summed E-state index contributed by atoms with van der Waals surface area (Å²) in [7, 11) is 2.05. The number of nitrogens with zero attached hydrogens (tertiary/aromatic N) is 2. The molecule has 2 heterocycles. The van der Waals surface area contributed by atoms with Crippen LogP contribution in [0.15, 0.2) is 52.5 Å². The SMILES string of the molecule is CC1=CC(C)(C)N(C)c2cc(C)c(/C=C3/C(=O)NC(=O)N(c4ccc(Br)cc4)C3=O)cc21. The number of carbonyl (C=O) groups is 3. The maximum absolute atomic E-state index is 13.2. The number of urea groups is 1. The van der Waals surface area contributed by atoms with Gasteiger partial charge in [0.15, 0.2) is 0 Å². The number of hydrogen-bond donors (Lipinski definition) is 1. The molecule has 7 heteroatoms. The van der Waals surface area contributed by atoms with Gasteiger partial charge in [0.1, 0.15) is 5.57 Å². The molecule has 4 rings (SSSR count). The van der Waals surface area contributed by atoms with E-state index in [0.29, 0.717) is 5.69 Å². The Labute approximate surface area is 195 Å². The number of benzene rings is 2. The molecule has 1 N–H and O–H groups in total. The molecule has 0 atom stereocenters. The molecule has 0 radical (unpaired) electrons. The molecule has 4 amide bonds. The van der Waals surface area contributed by atoms with Crippen molar-refractivity contribution in [2.45, 2.75) is 33.2 Å². The summed E-state index contributed by atoms with van der Waals surface area (Å²) < 4.78 is 0.819. The summed E-state index contributed by atoms with van der Waals surface area (Å²) in [5, 5.41) is 2.28. The predicted molar refractivity (Wildman–Crippen MR) is 130 cm³/mol. The molecule has 2 aromatic rings. The van der Waals surface area contributed by atoms with Crippen LogP contribution in [0.2, 0.25) is 0 Å². The van der Waals surface area contributed by atoms with E-state index in [4.69, 9.17) is 0 Å². The summed E-state index contributed by atoms with van der Waals surface area (Å²) in [5.41, 5.74) is 5.16. The van der Waals surface area contributed by atoms with Crippen LogP contribution in [0.25, 0.3) is 11.6 Å². The number of hydrogen-bond acceptors (Lipinski definition) is 4. The van der Waals surface area contributed by atoms with Gasteiger partial charge in [0, 0.05) is 22.8 Å². The van der Waals surface area contributed by atoms with Gasteiger partial charge in [-0.15, -0.1) is 0 Å². The second kappa shape index (κ2) is 7.74. The average Bonchev–Trinajstić information content (AvgIpc) is 2.71. The average molecular weight is 494 g/mol. The number of carbonyl (C=O) groups excluding carboxylic acids is 3. The molecule has 2 aromatic carbocycles. The first-order valence-electron chi connectivity index (χ1n) is 10.2. The van der Waals surface area contributed by atoms with Gasteiger partial charge in [0.05, 0.1) is 11.2 Å². The van der Waals surface area contributed by atoms with Crippen molar-refractivity contribution in [3.05, 3.63) is 69.2 Å². The number of anilines is 2. The van der Waals surface area contributed by atoms with E-state index in [-0.39, 0.29) is 11.1 Å². The normalized spacial score (nSPS) is 19.1. The highest BCUT2D eigenvalue weighted by Gasteiger charge is 2.37. The van der Waals surface area contributed by atoms with E-state index in [1.54, 1.807) is 30.3 Å². The summed E-state index contributed by atoms with van der Waals surface area (Å²) in [6.07, 6.45) is 3.77. The Balaban J connectivity index is 1.78. The number of fused-ring (bicyclic) bond motifs is 1. The fourth-order valence-electron chi connectivity index (χ4n) is 4.11. The van der Waals surface area contributed by atoms with Crippen molar-refractivity contribution in [1.29, 1.82) is 0 Å². The third-order valence-electron chi connectivity index (χ3n) is 6.09.